The third-order valence-electron chi connectivity index (χ3n) is 3.50. The number of carbonyl (C=O) groups excluding carboxylic acids is 1. The first kappa shape index (κ1) is 19.4. The maximum atomic E-state index is 11.5. The Bertz CT molecular complexity index is 223. The Hall–Kier alpha value is -0.610. The fraction of sp³-hybridized carbons (Fsp3) is 0.938. The molecule has 20 heavy (non-hydrogen) atoms. The summed E-state index contributed by atoms with van der Waals surface area (Å²) in [6.45, 7) is 3.41. The van der Waals surface area contributed by atoms with E-state index in [0.717, 1.165) is 38.5 Å². The second-order valence-electron chi connectivity index (χ2n) is 5.57. The largest absolute Gasteiger partial charge is 0.466 e. The molecule has 0 saturated carbocycles. The molecule has 0 aromatic rings. The van der Waals surface area contributed by atoms with Crippen LogP contribution in [0.15, 0.2) is 0 Å². The van der Waals surface area contributed by atoms with Gasteiger partial charge in [-0.05, 0) is 38.6 Å². The third kappa shape index (κ3) is 13.8. The Balaban J connectivity index is 3.28. The average molecular weight is 286 g/mol. The van der Waals surface area contributed by atoms with Gasteiger partial charge in [0, 0.05) is 12.5 Å². The highest BCUT2D eigenvalue weighted by Crippen LogP contribution is 2.08. The van der Waals surface area contributed by atoms with E-state index in [1.54, 1.807) is 0 Å². The second-order valence-corrected chi connectivity index (χ2v) is 5.57. The van der Waals surface area contributed by atoms with Crippen molar-refractivity contribution in [2.75, 3.05) is 13.2 Å². The molecule has 0 rings (SSSR count). The molecule has 0 aromatic heterocycles. The van der Waals surface area contributed by atoms with Gasteiger partial charge in [0.25, 0.3) is 0 Å². The Kier molecular flexibility index (Phi) is 14.3. The molecule has 0 aliphatic carbocycles. The van der Waals surface area contributed by atoms with Crippen molar-refractivity contribution in [2.45, 2.75) is 83.6 Å². The minimum absolute atomic E-state index is 0.0592. The normalized spacial score (nSPS) is 12.3. The predicted molar refractivity (Wildman–Crippen MR) is 84.4 cm³/mol. The molecule has 0 fully saturated rings. The van der Waals surface area contributed by atoms with Crippen LogP contribution in [0.4, 0.5) is 0 Å². The van der Waals surface area contributed by atoms with Crippen LogP contribution in [0.5, 0.6) is 0 Å². The van der Waals surface area contributed by atoms with Gasteiger partial charge >= 0.3 is 5.97 Å². The quantitative estimate of drug-likeness (QED) is 0.380. The molecular formula is C16H34N2O2. The van der Waals surface area contributed by atoms with E-state index in [0.29, 0.717) is 19.6 Å². The van der Waals surface area contributed by atoms with Gasteiger partial charge < -0.3 is 16.2 Å². The first-order chi connectivity index (χ1) is 9.70. The highest BCUT2D eigenvalue weighted by molar-refractivity contribution is 5.69. The van der Waals surface area contributed by atoms with Crippen LogP contribution in [0.1, 0.15) is 77.6 Å². The Labute approximate surface area is 124 Å². The maximum Gasteiger partial charge on any atom is 0.305 e. The topological polar surface area (TPSA) is 78.3 Å². The Morgan fingerprint density at radius 1 is 1.00 bits per heavy atom. The molecule has 0 heterocycles. The van der Waals surface area contributed by atoms with Crippen molar-refractivity contribution in [2.24, 2.45) is 11.5 Å². The number of hydrogen-bond donors (Lipinski definition) is 2. The molecule has 1 unspecified atom stereocenters. The molecule has 0 amide bonds. The molecule has 0 aromatic carbocycles. The molecular weight excluding hydrogens is 252 g/mol. The van der Waals surface area contributed by atoms with Gasteiger partial charge in [-0.1, -0.05) is 39.0 Å². The lowest BCUT2D eigenvalue weighted by Crippen LogP contribution is -2.21. The van der Waals surface area contributed by atoms with Gasteiger partial charge in [-0.3, -0.25) is 4.79 Å². The molecule has 4 nitrogen and oxygen atoms in total. The Morgan fingerprint density at radius 3 is 2.35 bits per heavy atom. The smallest absolute Gasteiger partial charge is 0.305 e. The van der Waals surface area contributed by atoms with Gasteiger partial charge in [0.1, 0.15) is 0 Å². The molecule has 0 bridgehead atoms. The van der Waals surface area contributed by atoms with E-state index < -0.39 is 0 Å². The summed E-state index contributed by atoms with van der Waals surface area (Å²) >= 11 is 0. The SMILES string of the molecule is CCCCCCCCC(=O)OCCCC(N)CCCN. The fourth-order valence-electron chi connectivity index (χ4n) is 2.18. The molecule has 4 heteroatoms. The lowest BCUT2D eigenvalue weighted by atomic mass is 10.1. The zero-order valence-electron chi connectivity index (χ0n) is 13.2. The third-order valence-corrected chi connectivity index (χ3v) is 3.50. The summed E-state index contributed by atoms with van der Waals surface area (Å²) in [6.07, 6.45) is 11.4. The average Bonchev–Trinajstić information content (AvgIpc) is 2.45. The lowest BCUT2D eigenvalue weighted by Gasteiger charge is -2.10. The molecule has 1 atom stereocenters. The van der Waals surface area contributed by atoms with E-state index in [2.05, 4.69) is 6.92 Å². The summed E-state index contributed by atoms with van der Waals surface area (Å²) in [5.74, 6) is -0.0592. The molecule has 0 saturated heterocycles. The fourth-order valence-corrected chi connectivity index (χ4v) is 2.18. The zero-order chi connectivity index (χ0) is 15.1. The van der Waals surface area contributed by atoms with E-state index in [1.807, 2.05) is 0 Å². The predicted octanol–water partition coefficient (Wildman–Crippen LogP) is 3.13. The number of hydrogen-bond acceptors (Lipinski definition) is 4. The molecule has 120 valence electrons. The second kappa shape index (κ2) is 14.8. The van der Waals surface area contributed by atoms with Crippen LogP contribution in [0, 0.1) is 0 Å². The monoisotopic (exact) mass is 286 g/mol. The lowest BCUT2D eigenvalue weighted by molar-refractivity contribution is -0.143. The van der Waals surface area contributed by atoms with Crippen LogP contribution >= 0.6 is 0 Å². The number of esters is 1. The van der Waals surface area contributed by atoms with Gasteiger partial charge in [-0.25, -0.2) is 0 Å². The van der Waals surface area contributed by atoms with Crippen LogP contribution in [0.2, 0.25) is 0 Å². The van der Waals surface area contributed by atoms with Gasteiger partial charge in [-0.15, -0.1) is 0 Å². The van der Waals surface area contributed by atoms with E-state index in [9.17, 15) is 4.79 Å². The van der Waals surface area contributed by atoms with Gasteiger partial charge in [0.15, 0.2) is 0 Å². The van der Waals surface area contributed by atoms with Crippen LogP contribution in [0.3, 0.4) is 0 Å². The van der Waals surface area contributed by atoms with E-state index in [1.165, 1.54) is 25.7 Å². The first-order valence-corrected chi connectivity index (χ1v) is 8.32. The van der Waals surface area contributed by atoms with Crippen molar-refractivity contribution in [3.63, 3.8) is 0 Å². The summed E-state index contributed by atoms with van der Waals surface area (Å²) in [5, 5.41) is 0. The number of ether oxygens (including phenoxy) is 1. The van der Waals surface area contributed by atoms with Crippen LogP contribution < -0.4 is 11.5 Å². The van der Waals surface area contributed by atoms with Crippen molar-refractivity contribution in [1.82, 2.24) is 0 Å². The number of rotatable bonds is 14. The summed E-state index contributed by atoms with van der Waals surface area (Å²) in [5.41, 5.74) is 11.3. The van der Waals surface area contributed by atoms with E-state index >= 15 is 0 Å². The highest BCUT2D eigenvalue weighted by atomic mass is 16.5. The number of unbranched alkanes of at least 4 members (excludes halogenated alkanes) is 5. The van der Waals surface area contributed by atoms with E-state index in [4.69, 9.17) is 16.2 Å². The van der Waals surface area contributed by atoms with Crippen molar-refractivity contribution in [1.29, 1.82) is 0 Å². The zero-order valence-corrected chi connectivity index (χ0v) is 13.2. The van der Waals surface area contributed by atoms with Crippen LogP contribution in [-0.4, -0.2) is 25.2 Å². The minimum atomic E-state index is -0.0592. The van der Waals surface area contributed by atoms with Crippen molar-refractivity contribution in [3.8, 4) is 0 Å². The first-order valence-electron chi connectivity index (χ1n) is 8.32. The van der Waals surface area contributed by atoms with Crippen molar-refractivity contribution in [3.05, 3.63) is 0 Å². The highest BCUT2D eigenvalue weighted by Gasteiger charge is 2.05. The van der Waals surface area contributed by atoms with Crippen molar-refractivity contribution < 1.29 is 9.53 Å². The molecule has 0 radical (unpaired) electrons. The molecule has 0 aliphatic heterocycles. The van der Waals surface area contributed by atoms with Crippen LogP contribution in [-0.2, 0) is 9.53 Å². The molecule has 0 spiro atoms. The number of nitrogens with two attached hydrogens (primary N) is 2. The molecule has 0 aliphatic rings. The standard InChI is InChI=1S/C16H34N2O2/c1-2-3-4-5-6-7-12-16(19)20-14-9-11-15(18)10-8-13-17/h15H,2-14,17-18H2,1H3. The minimum Gasteiger partial charge on any atom is -0.466 e. The molecule has 4 N–H and O–H groups in total. The van der Waals surface area contributed by atoms with Gasteiger partial charge in [-0.2, -0.15) is 0 Å². The summed E-state index contributed by atoms with van der Waals surface area (Å²) in [6, 6.07) is 0.191. The van der Waals surface area contributed by atoms with Crippen LogP contribution in [0.25, 0.3) is 0 Å². The Morgan fingerprint density at radius 2 is 1.65 bits per heavy atom. The summed E-state index contributed by atoms with van der Waals surface area (Å²) in [4.78, 5) is 11.5. The van der Waals surface area contributed by atoms with Gasteiger partial charge in [0.05, 0.1) is 6.61 Å². The number of carbonyl (C=O) groups is 1. The maximum absolute atomic E-state index is 11.5. The van der Waals surface area contributed by atoms with Gasteiger partial charge in [0.2, 0.25) is 0 Å². The summed E-state index contributed by atoms with van der Waals surface area (Å²) < 4.78 is 5.21. The van der Waals surface area contributed by atoms with E-state index in [-0.39, 0.29) is 12.0 Å². The summed E-state index contributed by atoms with van der Waals surface area (Å²) in [7, 11) is 0. The van der Waals surface area contributed by atoms with Crippen molar-refractivity contribution >= 4 is 5.97 Å².